The van der Waals surface area contributed by atoms with E-state index in [0.29, 0.717) is 0 Å². The van der Waals surface area contributed by atoms with Crippen LogP contribution in [0.3, 0.4) is 0 Å². The number of hydrogen-bond donors (Lipinski definition) is 2. The zero-order valence-electron chi connectivity index (χ0n) is 9.52. The van der Waals surface area contributed by atoms with Crippen LogP contribution in [0, 0.1) is 10.1 Å². The average molecular weight is 256 g/mol. The molecule has 0 aliphatic heterocycles. The number of nitrogens with zero attached hydrogens (tertiary/aromatic N) is 2. The van der Waals surface area contributed by atoms with Crippen LogP contribution in [-0.4, -0.2) is 38.8 Å². The molecule has 1 heterocycles. The molecule has 2 unspecified atom stereocenters. The van der Waals surface area contributed by atoms with Crippen LogP contribution in [0.4, 0.5) is 5.69 Å². The zero-order chi connectivity index (χ0) is 13.7. The Hall–Kier alpha value is -2.06. The Morgan fingerprint density at radius 1 is 1.61 bits per heavy atom. The number of pyridine rings is 1. The maximum absolute atomic E-state index is 11.2. The third-order valence-electron chi connectivity index (χ3n) is 2.12. The summed E-state index contributed by atoms with van der Waals surface area (Å²) in [6.45, 7) is 1.55. The molecule has 0 spiro atoms. The summed E-state index contributed by atoms with van der Waals surface area (Å²) < 4.78 is 4.50. The van der Waals surface area contributed by atoms with Crippen LogP contribution in [0.2, 0.25) is 0 Å². The van der Waals surface area contributed by atoms with Gasteiger partial charge in [0.2, 0.25) is 0 Å². The smallest absolute Gasteiger partial charge is 0.338 e. The minimum Gasteiger partial charge on any atom is -0.464 e. The second-order valence-electron chi connectivity index (χ2n) is 3.31. The van der Waals surface area contributed by atoms with Gasteiger partial charge in [0.1, 0.15) is 11.8 Å². The average Bonchev–Trinajstić information content (AvgIpc) is 2.37. The van der Waals surface area contributed by atoms with Gasteiger partial charge in [-0.15, -0.1) is 0 Å². The second-order valence-corrected chi connectivity index (χ2v) is 3.31. The minimum absolute atomic E-state index is 0.0208. The molecule has 0 bridgehead atoms. The molecule has 1 rings (SSSR count). The molecule has 0 saturated heterocycles. The van der Waals surface area contributed by atoms with Crippen molar-refractivity contribution < 1.29 is 24.7 Å². The van der Waals surface area contributed by atoms with E-state index >= 15 is 0 Å². The Kier molecular flexibility index (Phi) is 4.69. The Morgan fingerprint density at radius 3 is 2.83 bits per heavy atom. The highest BCUT2D eigenvalue weighted by Gasteiger charge is 2.32. The predicted octanol–water partition coefficient (Wildman–Crippen LogP) is -0.0528. The summed E-state index contributed by atoms with van der Waals surface area (Å²) in [5, 5.41) is 29.9. The number of nitro groups is 1. The van der Waals surface area contributed by atoms with Gasteiger partial charge in [-0.25, -0.2) is 4.79 Å². The number of ether oxygens (including phenoxy) is 1. The van der Waals surface area contributed by atoms with Crippen molar-refractivity contribution >= 4 is 11.7 Å². The molecular formula is C10H12N2O6. The van der Waals surface area contributed by atoms with Gasteiger partial charge >= 0.3 is 5.97 Å². The molecule has 18 heavy (non-hydrogen) atoms. The molecule has 0 aliphatic carbocycles. The Balaban J connectivity index is 2.99. The second kappa shape index (κ2) is 6.03. The van der Waals surface area contributed by atoms with E-state index in [1.165, 1.54) is 19.2 Å². The van der Waals surface area contributed by atoms with Gasteiger partial charge in [-0.1, -0.05) is 0 Å². The van der Waals surface area contributed by atoms with E-state index < -0.39 is 28.8 Å². The highest BCUT2D eigenvalue weighted by Crippen LogP contribution is 2.25. The van der Waals surface area contributed by atoms with Crippen molar-refractivity contribution in [2.24, 2.45) is 0 Å². The third-order valence-corrected chi connectivity index (χ3v) is 2.12. The van der Waals surface area contributed by atoms with Crippen LogP contribution < -0.4 is 0 Å². The highest BCUT2D eigenvalue weighted by molar-refractivity contribution is 5.75. The highest BCUT2D eigenvalue weighted by atomic mass is 16.6. The van der Waals surface area contributed by atoms with E-state index in [1.54, 1.807) is 0 Å². The molecule has 0 radical (unpaired) electrons. The first-order valence-electron chi connectivity index (χ1n) is 5.11. The van der Waals surface area contributed by atoms with Crippen molar-refractivity contribution in [2.45, 2.75) is 19.1 Å². The lowest BCUT2D eigenvalue weighted by Gasteiger charge is -2.15. The SMILES string of the molecule is CCOC(=O)C(O)C(O)c1ncccc1[N+](=O)[O-]. The fourth-order valence-electron chi connectivity index (χ4n) is 1.30. The van der Waals surface area contributed by atoms with Gasteiger partial charge in [0, 0.05) is 12.3 Å². The topological polar surface area (TPSA) is 123 Å². The molecule has 0 fully saturated rings. The number of carbonyl (C=O) groups excluding carboxylic acids is 1. The summed E-state index contributed by atoms with van der Waals surface area (Å²) in [5.74, 6) is -1.06. The lowest BCUT2D eigenvalue weighted by molar-refractivity contribution is -0.386. The van der Waals surface area contributed by atoms with Crippen molar-refractivity contribution in [3.05, 3.63) is 34.1 Å². The van der Waals surface area contributed by atoms with Crippen LogP contribution >= 0.6 is 0 Å². The van der Waals surface area contributed by atoms with Crippen molar-refractivity contribution in [1.29, 1.82) is 0 Å². The van der Waals surface area contributed by atoms with E-state index in [0.717, 1.165) is 6.07 Å². The van der Waals surface area contributed by atoms with E-state index in [4.69, 9.17) is 0 Å². The summed E-state index contributed by atoms with van der Waals surface area (Å²) in [5.41, 5.74) is -0.864. The van der Waals surface area contributed by atoms with Crippen molar-refractivity contribution in [2.75, 3.05) is 6.61 Å². The number of carbonyl (C=O) groups is 1. The lowest BCUT2D eigenvalue weighted by Crippen LogP contribution is -2.30. The van der Waals surface area contributed by atoms with Crippen LogP contribution in [-0.2, 0) is 9.53 Å². The molecule has 2 atom stereocenters. The van der Waals surface area contributed by atoms with Gasteiger partial charge in [0.05, 0.1) is 11.5 Å². The first-order chi connectivity index (χ1) is 8.49. The summed E-state index contributed by atoms with van der Waals surface area (Å²) in [4.78, 5) is 24.8. The molecule has 1 aromatic rings. The standard InChI is InChI=1S/C10H12N2O6/c1-2-18-10(15)9(14)8(13)7-6(12(16)17)4-3-5-11-7/h3-5,8-9,13-14H,2H2,1H3. The minimum atomic E-state index is -1.92. The normalized spacial score (nSPS) is 13.7. The number of rotatable bonds is 5. The first-order valence-corrected chi connectivity index (χ1v) is 5.11. The summed E-state index contributed by atoms with van der Waals surface area (Å²) >= 11 is 0. The Bertz CT molecular complexity index is 450. The van der Waals surface area contributed by atoms with E-state index in [-0.39, 0.29) is 12.3 Å². The number of aliphatic hydroxyl groups excluding tert-OH is 2. The summed E-state index contributed by atoms with van der Waals surface area (Å²) in [6.07, 6.45) is -2.52. The van der Waals surface area contributed by atoms with E-state index in [9.17, 15) is 25.1 Å². The number of esters is 1. The molecule has 98 valence electrons. The molecular weight excluding hydrogens is 244 g/mol. The number of aliphatic hydroxyl groups is 2. The maximum Gasteiger partial charge on any atom is 0.338 e. The molecule has 1 aromatic heterocycles. The van der Waals surface area contributed by atoms with Gasteiger partial charge in [-0.3, -0.25) is 15.1 Å². The molecule has 2 N–H and O–H groups in total. The Morgan fingerprint density at radius 2 is 2.28 bits per heavy atom. The summed E-state index contributed by atoms with van der Waals surface area (Å²) in [7, 11) is 0. The monoisotopic (exact) mass is 256 g/mol. The van der Waals surface area contributed by atoms with Crippen LogP contribution in [0.1, 0.15) is 18.7 Å². The molecule has 8 nitrogen and oxygen atoms in total. The summed E-state index contributed by atoms with van der Waals surface area (Å²) in [6, 6.07) is 2.43. The number of hydrogen-bond acceptors (Lipinski definition) is 7. The maximum atomic E-state index is 11.2. The molecule has 0 aromatic carbocycles. The fourth-order valence-corrected chi connectivity index (χ4v) is 1.30. The van der Waals surface area contributed by atoms with Crippen molar-refractivity contribution in [3.8, 4) is 0 Å². The third kappa shape index (κ3) is 2.99. The van der Waals surface area contributed by atoms with E-state index in [1.807, 2.05) is 0 Å². The Labute approximate surface area is 102 Å². The number of aromatic nitrogens is 1. The van der Waals surface area contributed by atoms with E-state index in [2.05, 4.69) is 9.72 Å². The lowest BCUT2D eigenvalue weighted by atomic mass is 10.1. The van der Waals surface area contributed by atoms with Crippen molar-refractivity contribution in [1.82, 2.24) is 4.98 Å². The first kappa shape index (κ1) is 14.0. The predicted molar refractivity (Wildman–Crippen MR) is 58.5 cm³/mol. The molecule has 0 aliphatic rings. The molecule has 0 saturated carbocycles. The fraction of sp³-hybridized carbons (Fsp3) is 0.400. The largest absolute Gasteiger partial charge is 0.464 e. The van der Waals surface area contributed by atoms with Crippen molar-refractivity contribution in [3.63, 3.8) is 0 Å². The van der Waals surface area contributed by atoms with Gasteiger partial charge in [0.15, 0.2) is 6.10 Å². The molecule has 0 amide bonds. The zero-order valence-corrected chi connectivity index (χ0v) is 9.52. The van der Waals surface area contributed by atoms with Crippen LogP contribution in [0.25, 0.3) is 0 Å². The van der Waals surface area contributed by atoms with Gasteiger partial charge in [0.25, 0.3) is 5.69 Å². The van der Waals surface area contributed by atoms with Gasteiger partial charge < -0.3 is 14.9 Å². The van der Waals surface area contributed by atoms with Crippen LogP contribution in [0.5, 0.6) is 0 Å². The van der Waals surface area contributed by atoms with Gasteiger partial charge in [-0.2, -0.15) is 0 Å². The molecule has 8 heteroatoms. The van der Waals surface area contributed by atoms with Crippen LogP contribution in [0.15, 0.2) is 18.3 Å². The van der Waals surface area contributed by atoms with Gasteiger partial charge in [-0.05, 0) is 13.0 Å². The quantitative estimate of drug-likeness (QED) is 0.430.